The van der Waals surface area contributed by atoms with Gasteiger partial charge in [0.2, 0.25) is 11.4 Å². The molecule has 0 bridgehead atoms. The molecule has 1 aliphatic heterocycles. The van der Waals surface area contributed by atoms with Gasteiger partial charge in [0.1, 0.15) is 0 Å². The monoisotopic (exact) mass is 456 g/mol. The highest BCUT2D eigenvalue weighted by atomic mass is 35.5. The SMILES string of the molecule is CC1(C)CC(=O)C2=C(C1)N(c1cccc(Cl)c1)C(=O)[C@]2(NC(=O)C(C)(C)C)C(F)(F)F. The van der Waals surface area contributed by atoms with Crippen molar-refractivity contribution < 1.29 is 27.6 Å². The summed E-state index contributed by atoms with van der Waals surface area (Å²) in [6.07, 6.45) is -5.36. The topological polar surface area (TPSA) is 66.5 Å². The molecular weight excluding hydrogens is 433 g/mol. The van der Waals surface area contributed by atoms with Crippen LogP contribution in [-0.4, -0.2) is 29.3 Å². The lowest BCUT2D eigenvalue weighted by molar-refractivity contribution is -0.191. The molecule has 0 saturated heterocycles. The van der Waals surface area contributed by atoms with Crippen LogP contribution in [0.3, 0.4) is 0 Å². The van der Waals surface area contributed by atoms with Crippen molar-refractivity contribution in [2.24, 2.45) is 10.8 Å². The number of alkyl halides is 3. The van der Waals surface area contributed by atoms with Crippen molar-refractivity contribution in [3.8, 4) is 0 Å². The molecule has 3 rings (SSSR count). The number of benzene rings is 1. The van der Waals surface area contributed by atoms with Gasteiger partial charge in [-0.3, -0.25) is 19.3 Å². The largest absolute Gasteiger partial charge is 0.425 e. The Balaban J connectivity index is 2.33. The molecule has 0 aromatic heterocycles. The maximum Gasteiger partial charge on any atom is 0.425 e. The van der Waals surface area contributed by atoms with Crippen LogP contribution < -0.4 is 10.2 Å². The van der Waals surface area contributed by atoms with Crippen LogP contribution in [0.1, 0.15) is 47.5 Å². The van der Waals surface area contributed by atoms with Crippen molar-refractivity contribution in [3.05, 3.63) is 40.6 Å². The summed E-state index contributed by atoms with van der Waals surface area (Å²) in [5.41, 5.74) is -6.00. The van der Waals surface area contributed by atoms with Gasteiger partial charge in [-0.25, -0.2) is 0 Å². The number of Topliss-reactive ketones (excluding diaryl/α,β-unsaturated/α-hetero) is 1. The lowest BCUT2D eigenvalue weighted by Gasteiger charge is -2.37. The molecule has 2 aliphatic rings. The van der Waals surface area contributed by atoms with Gasteiger partial charge >= 0.3 is 6.18 Å². The van der Waals surface area contributed by atoms with Crippen LogP contribution in [0.15, 0.2) is 35.5 Å². The first-order valence-corrected chi connectivity index (χ1v) is 10.2. The lowest BCUT2D eigenvalue weighted by Crippen LogP contribution is -2.67. The van der Waals surface area contributed by atoms with Crippen LogP contribution in [0.2, 0.25) is 5.02 Å². The number of carbonyl (C=O) groups is 3. The molecule has 0 saturated carbocycles. The van der Waals surface area contributed by atoms with Crippen LogP contribution in [0, 0.1) is 10.8 Å². The molecule has 0 unspecified atom stereocenters. The van der Waals surface area contributed by atoms with E-state index in [0.717, 1.165) is 4.90 Å². The average Bonchev–Trinajstić information content (AvgIpc) is 2.81. The van der Waals surface area contributed by atoms with E-state index in [9.17, 15) is 27.6 Å². The Labute approximate surface area is 183 Å². The smallest absolute Gasteiger partial charge is 0.330 e. The third kappa shape index (κ3) is 3.75. The second-order valence-corrected chi connectivity index (χ2v) is 10.3. The number of ketones is 1. The van der Waals surface area contributed by atoms with E-state index < -0.39 is 45.7 Å². The summed E-state index contributed by atoms with van der Waals surface area (Å²) in [7, 11) is 0. The van der Waals surface area contributed by atoms with Crippen LogP contribution in [0.5, 0.6) is 0 Å². The molecule has 5 nitrogen and oxygen atoms in total. The number of hydrogen-bond donors (Lipinski definition) is 1. The van der Waals surface area contributed by atoms with Crippen molar-refractivity contribution in [2.75, 3.05) is 4.90 Å². The van der Waals surface area contributed by atoms with Gasteiger partial charge in [-0.2, -0.15) is 13.2 Å². The molecule has 1 atom stereocenters. The molecule has 0 spiro atoms. The number of allylic oxidation sites excluding steroid dienone is 1. The summed E-state index contributed by atoms with van der Waals surface area (Å²) in [6, 6.07) is 5.82. The number of rotatable bonds is 2. The van der Waals surface area contributed by atoms with E-state index in [1.54, 1.807) is 13.8 Å². The Bertz CT molecular complexity index is 1010. The number of nitrogens with one attached hydrogen (secondary N) is 1. The standard InChI is InChI=1S/C22H24ClF3N2O3/c1-19(2,3)17(30)27-21(22(24,25)26)16-14(10-20(4,5)11-15(16)29)28(18(21)31)13-8-6-7-12(23)9-13/h6-9H,10-11H2,1-5H3,(H,27,30)/t21-/m0/s1. The predicted molar refractivity (Wildman–Crippen MR) is 110 cm³/mol. The summed E-state index contributed by atoms with van der Waals surface area (Å²) in [5.74, 6) is -3.23. The number of amides is 2. The minimum atomic E-state index is -5.24. The molecule has 31 heavy (non-hydrogen) atoms. The van der Waals surface area contributed by atoms with Gasteiger partial charge in [-0.1, -0.05) is 52.3 Å². The van der Waals surface area contributed by atoms with Crippen LogP contribution in [0.4, 0.5) is 18.9 Å². The highest BCUT2D eigenvalue weighted by Gasteiger charge is 2.72. The second-order valence-electron chi connectivity index (χ2n) is 9.83. The third-order valence-corrected chi connectivity index (χ3v) is 5.73. The molecular formula is C22H24ClF3N2O3. The second kappa shape index (κ2) is 7.08. The highest BCUT2D eigenvalue weighted by molar-refractivity contribution is 6.31. The Morgan fingerprint density at radius 2 is 1.74 bits per heavy atom. The summed E-state index contributed by atoms with van der Waals surface area (Å²) < 4.78 is 43.9. The Kier molecular flexibility index (Phi) is 5.33. The van der Waals surface area contributed by atoms with Gasteiger partial charge in [-0.05, 0) is 30.0 Å². The Morgan fingerprint density at radius 3 is 2.26 bits per heavy atom. The third-order valence-electron chi connectivity index (χ3n) is 5.50. The van der Waals surface area contributed by atoms with Gasteiger partial charge in [0, 0.05) is 22.6 Å². The van der Waals surface area contributed by atoms with E-state index in [0.29, 0.717) is 0 Å². The number of nitrogens with zero attached hydrogens (tertiary/aromatic N) is 1. The van der Waals surface area contributed by atoms with Crippen molar-refractivity contribution in [1.82, 2.24) is 5.32 Å². The number of hydrogen-bond acceptors (Lipinski definition) is 3. The van der Waals surface area contributed by atoms with Gasteiger partial charge in [-0.15, -0.1) is 0 Å². The lowest BCUT2D eigenvalue weighted by atomic mass is 9.72. The zero-order chi connectivity index (χ0) is 23.6. The first-order valence-electron chi connectivity index (χ1n) is 9.77. The quantitative estimate of drug-likeness (QED) is 0.695. The van der Waals surface area contributed by atoms with E-state index in [1.165, 1.54) is 45.0 Å². The molecule has 2 amide bonds. The first-order chi connectivity index (χ1) is 14.0. The van der Waals surface area contributed by atoms with Crippen molar-refractivity contribution in [1.29, 1.82) is 0 Å². The maximum absolute atomic E-state index is 14.6. The minimum absolute atomic E-state index is 0.0511. The van der Waals surface area contributed by atoms with Gasteiger partial charge in [0.05, 0.1) is 11.3 Å². The predicted octanol–water partition coefficient (Wildman–Crippen LogP) is 4.79. The Hall–Kier alpha value is -2.35. The van der Waals surface area contributed by atoms with Gasteiger partial charge in [0.15, 0.2) is 5.78 Å². The highest BCUT2D eigenvalue weighted by Crippen LogP contribution is 2.53. The molecule has 1 aromatic rings. The molecule has 1 N–H and O–H groups in total. The van der Waals surface area contributed by atoms with Crippen molar-refractivity contribution in [3.63, 3.8) is 0 Å². The molecule has 0 radical (unpaired) electrons. The maximum atomic E-state index is 14.6. The van der Waals surface area contributed by atoms with E-state index in [2.05, 4.69) is 0 Å². The summed E-state index contributed by atoms with van der Waals surface area (Å²) in [5, 5.41) is 2.15. The molecule has 0 fully saturated rings. The fraction of sp³-hybridized carbons (Fsp3) is 0.500. The fourth-order valence-electron chi connectivity index (χ4n) is 4.00. The van der Waals surface area contributed by atoms with E-state index in [1.807, 2.05) is 5.32 Å². The molecule has 1 aliphatic carbocycles. The van der Waals surface area contributed by atoms with E-state index in [-0.39, 0.29) is 29.2 Å². The van der Waals surface area contributed by atoms with Crippen LogP contribution >= 0.6 is 11.6 Å². The average molecular weight is 457 g/mol. The zero-order valence-corrected chi connectivity index (χ0v) is 18.7. The summed E-state index contributed by atoms with van der Waals surface area (Å²) >= 11 is 6.02. The molecule has 168 valence electrons. The molecule has 9 heteroatoms. The van der Waals surface area contributed by atoms with Gasteiger partial charge in [0.25, 0.3) is 5.91 Å². The van der Waals surface area contributed by atoms with E-state index in [4.69, 9.17) is 11.6 Å². The van der Waals surface area contributed by atoms with Crippen molar-refractivity contribution >= 4 is 34.9 Å². The zero-order valence-electron chi connectivity index (χ0n) is 17.9. The van der Waals surface area contributed by atoms with Gasteiger partial charge < -0.3 is 5.32 Å². The summed E-state index contributed by atoms with van der Waals surface area (Å²) in [4.78, 5) is 40.2. The van der Waals surface area contributed by atoms with E-state index >= 15 is 0 Å². The normalized spacial score (nSPS) is 23.8. The number of halogens is 4. The molecule has 1 heterocycles. The fourth-order valence-corrected chi connectivity index (χ4v) is 4.18. The van der Waals surface area contributed by atoms with Crippen molar-refractivity contribution in [2.45, 2.75) is 59.2 Å². The summed E-state index contributed by atoms with van der Waals surface area (Å²) in [6.45, 7) is 7.79. The minimum Gasteiger partial charge on any atom is -0.330 e. The Morgan fingerprint density at radius 1 is 1.13 bits per heavy atom. The number of carbonyl (C=O) groups excluding carboxylic acids is 3. The van der Waals surface area contributed by atoms with Crippen LogP contribution in [-0.2, 0) is 14.4 Å². The molecule has 1 aromatic carbocycles. The first kappa shape index (κ1) is 23.3. The number of anilines is 1. The van der Waals surface area contributed by atoms with Crippen LogP contribution in [0.25, 0.3) is 0 Å².